The molecule has 0 aliphatic heterocycles. The molecule has 140 valence electrons. The molecule has 5 heteroatoms. The van der Waals surface area contributed by atoms with Gasteiger partial charge >= 0.3 is 11.9 Å². The Morgan fingerprint density at radius 2 is 1.62 bits per heavy atom. The van der Waals surface area contributed by atoms with Crippen LogP contribution in [0.2, 0.25) is 0 Å². The highest BCUT2D eigenvalue weighted by atomic mass is 17.2. The predicted molar refractivity (Wildman–Crippen MR) is 99.8 cm³/mol. The topological polar surface area (TPSA) is 61.8 Å². The minimum absolute atomic E-state index is 0.0860. The van der Waals surface area contributed by atoms with Gasteiger partial charge < -0.3 is 4.74 Å². The molecule has 0 aliphatic rings. The lowest BCUT2D eigenvalue weighted by atomic mass is 10.0. The van der Waals surface area contributed by atoms with E-state index in [4.69, 9.17) is 14.5 Å². The molecule has 0 radical (unpaired) electrons. The molecular weight excluding hydrogens is 332 g/mol. The van der Waals surface area contributed by atoms with Crippen molar-refractivity contribution in [1.29, 1.82) is 0 Å². The van der Waals surface area contributed by atoms with Crippen LogP contribution in [0.4, 0.5) is 0 Å². The van der Waals surface area contributed by atoms with Gasteiger partial charge in [-0.25, -0.2) is 9.59 Å². The van der Waals surface area contributed by atoms with Gasteiger partial charge in [0, 0.05) is 0 Å². The summed E-state index contributed by atoms with van der Waals surface area (Å²) in [5.74, 6) is -0.837. The molecule has 0 saturated carbocycles. The fraction of sp³-hybridized carbons (Fsp3) is 0.429. The van der Waals surface area contributed by atoms with E-state index in [1.807, 2.05) is 39.0 Å². The van der Waals surface area contributed by atoms with Crippen LogP contribution in [0, 0.1) is 0 Å². The van der Waals surface area contributed by atoms with Crippen LogP contribution in [-0.4, -0.2) is 23.1 Å². The molecule has 0 saturated heterocycles. The molecule has 0 amide bonds. The summed E-state index contributed by atoms with van der Waals surface area (Å²) in [5.41, 5.74) is 0.168. The fourth-order valence-electron chi connectivity index (χ4n) is 2.32. The second kappa shape index (κ2) is 7.46. The number of esters is 1. The van der Waals surface area contributed by atoms with Crippen LogP contribution in [0.15, 0.2) is 36.4 Å². The summed E-state index contributed by atoms with van der Waals surface area (Å²) in [6, 6.07) is 10.9. The van der Waals surface area contributed by atoms with Crippen molar-refractivity contribution in [3.63, 3.8) is 0 Å². The van der Waals surface area contributed by atoms with Gasteiger partial charge in [-0.2, -0.15) is 4.89 Å². The maximum atomic E-state index is 12.4. The van der Waals surface area contributed by atoms with E-state index >= 15 is 0 Å². The Hall–Kier alpha value is -2.40. The average Bonchev–Trinajstić information content (AvgIpc) is 2.50. The molecular formula is C21H26O5. The predicted octanol–water partition coefficient (Wildman–Crippen LogP) is 4.61. The second-order valence-corrected chi connectivity index (χ2v) is 8.19. The Kier molecular flexibility index (Phi) is 5.71. The van der Waals surface area contributed by atoms with Gasteiger partial charge in [-0.3, -0.25) is 4.89 Å². The maximum Gasteiger partial charge on any atom is 0.346 e. The Labute approximate surface area is 154 Å². The summed E-state index contributed by atoms with van der Waals surface area (Å²) >= 11 is 0. The van der Waals surface area contributed by atoms with Crippen molar-refractivity contribution in [3.05, 3.63) is 47.5 Å². The average molecular weight is 358 g/mol. The molecule has 2 rings (SSSR count). The summed E-state index contributed by atoms with van der Waals surface area (Å²) in [6.45, 7) is 10.9. The second-order valence-electron chi connectivity index (χ2n) is 8.19. The van der Waals surface area contributed by atoms with Crippen LogP contribution < -0.4 is 0 Å². The molecule has 0 bridgehead atoms. The number of benzene rings is 2. The number of carbonyl (C=O) groups excluding carboxylic acids is 2. The monoisotopic (exact) mass is 358 g/mol. The van der Waals surface area contributed by atoms with E-state index in [1.165, 1.54) is 0 Å². The first-order valence-electron chi connectivity index (χ1n) is 8.58. The Bertz CT molecular complexity index is 809. The third-order valence-corrected chi connectivity index (χ3v) is 3.30. The number of ether oxygens (including phenoxy) is 1. The van der Waals surface area contributed by atoms with Crippen LogP contribution in [-0.2, 0) is 25.7 Å². The highest BCUT2D eigenvalue weighted by Crippen LogP contribution is 2.23. The number of fused-ring (bicyclic) bond motifs is 1. The fourth-order valence-corrected chi connectivity index (χ4v) is 2.32. The van der Waals surface area contributed by atoms with Crippen LogP contribution in [0.3, 0.4) is 0 Å². The van der Waals surface area contributed by atoms with Crippen molar-refractivity contribution in [2.75, 3.05) is 0 Å². The molecule has 2 aromatic rings. The van der Waals surface area contributed by atoms with Crippen LogP contribution in [0.1, 0.15) is 57.5 Å². The van der Waals surface area contributed by atoms with Crippen molar-refractivity contribution >= 4 is 22.7 Å². The van der Waals surface area contributed by atoms with Gasteiger partial charge in [-0.05, 0) is 63.9 Å². The first kappa shape index (κ1) is 19.9. The van der Waals surface area contributed by atoms with Gasteiger partial charge in [0.05, 0.1) is 12.0 Å². The molecule has 0 aromatic heterocycles. The number of hydrogen-bond acceptors (Lipinski definition) is 5. The molecule has 2 aromatic carbocycles. The first-order valence-corrected chi connectivity index (χ1v) is 8.58. The van der Waals surface area contributed by atoms with Gasteiger partial charge in [0.15, 0.2) is 0 Å². The zero-order chi connectivity index (χ0) is 19.5. The van der Waals surface area contributed by atoms with E-state index in [0.717, 1.165) is 16.3 Å². The smallest absolute Gasteiger partial charge is 0.346 e. The first-order chi connectivity index (χ1) is 11.9. The molecule has 0 spiro atoms. The van der Waals surface area contributed by atoms with Crippen LogP contribution in [0.5, 0.6) is 0 Å². The highest BCUT2D eigenvalue weighted by Gasteiger charge is 2.20. The van der Waals surface area contributed by atoms with Gasteiger partial charge in [-0.15, -0.1) is 0 Å². The number of hydrogen-bond donors (Lipinski definition) is 0. The van der Waals surface area contributed by atoms with E-state index in [-0.39, 0.29) is 12.4 Å². The van der Waals surface area contributed by atoms with E-state index in [0.29, 0.717) is 5.56 Å². The minimum atomic E-state index is -0.560. The van der Waals surface area contributed by atoms with Crippen molar-refractivity contribution < 1.29 is 24.1 Å². The molecule has 0 aliphatic carbocycles. The Morgan fingerprint density at radius 3 is 2.23 bits per heavy atom. The molecule has 0 fully saturated rings. The maximum absolute atomic E-state index is 12.4. The summed E-state index contributed by atoms with van der Waals surface area (Å²) < 4.78 is 5.46. The van der Waals surface area contributed by atoms with Crippen molar-refractivity contribution in [2.45, 2.75) is 59.2 Å². The van der Waals surface area contributed by atoms with Crippen molar-refractivity contribution in [1.82, 2.24) is 0 Å². The quantitative estimate of drug-likeness (QED) is 0.454. The molecule has 5 nitrogen and oxygen atoms in total. The third-order valence-electron chi connectivity index (χ3n) is 3.30. The van der Waals surface area contributed by atoms with Crippen LogP contribution >= 0.6 is 0 Å². The van der Waals surface area contributed by atoms with Crippen molar-refractivity contribution in [3.8, 4) is 0 Å². The Morgan fingerprint density at radius 1 is 0.923 bits per heavy atom. The minimum Gasteiger partial charge on any atom is -0.456 e. The molecule has 0 atom stereocenters. The summed E-state index contributed by atoms with van der Waals surface area (Å²) in [4.78, 5) is 34.2. The zero-order valence-corrected chi connectivity index (χ0v) is 16.2. The summed E-state index contributed by atoms with van der Waals surface area (Å²) in [6.07, 6.45) is 0.0860. The lowest BCUT2D eigenvalue weighted by molar-refractivity contribution is -0.320. The standard InChI is InChI=1S/C21H26O5/c1-20(2,3)24-19(23)17-9-7-8-15-12-14(10-11-16(15)17)13-18(22)25-26-21(4,5)6/h7-12H,13H2,1-6H3. The van der Waals surface area contributed by atoms with E-state index < -0.39 is 17.2 Å². The SMILES string of the molecule is CC(C)(C)OOC(=O)Cc1ccc2c(C(=O)OC(C)(C)C)cccc2c1. The normalized spacial score (nSPS) is 12.1. The highest BCUT2D eigenvalue weighted by molar-refractivity contribution is 6.04. The Balaban J connectivity index is 2.19. The number of carbonyl (C=O) groups is 2. The van der Waals surface area contributed by atoms with E-state index in [2.05, 4.69) is 0 Å². The van der Waals surface area contributed by atoms with Gasteiger partial charge in [0.25, 0.3) is 0 Å². The van der Waals surface area contributed by atoms with Crippen molar-refractivity contribution in [2.24, 2.45) is 0 Å². The molecule has 26 heavy (non-hydrogen) atoms. The van der Waals surface area contributed by atoms with E-state index in [1.54, 1.807) is 39.0 Å². The third kappa shape index (κ3) is 5.85. The van der Waals surface area contributed by atoms with Gasteiger partial charge in [-0.1, -0.05) is 30.3 Å². The molecule has 0 unspecified atom stereocenters. The summed E-state index contributed by atoms with van der Waals surface area (Å²) in [7, 11) is 0. The zero-order valence-electron chi connectivity index (χ0n) is 16.2. The van der Waals surface area contributed by atoms with E-state index in [9.17, 15) is 9.59 Å². The number of rotatable bonds is 4. The largest absolute Gasteiger partial charge is 0.456 e. The van der Waals surface area contributed by atoms with Gasteiger partial charge in [0.2, 0.25) is 0 Å². The van der Waals surface area contributed by atoms with Crippen LogP contribution in [0.25, 0.3) is 10.8 Å². The lowest BCUT2D eigenvalue weighted by Gasteiger charge is -2.20. The summed E-state index contributed by atoms with van der Waals surface area (Å²) in [5, 5.41) is 1.64. The van der Waals surface area contributed by atoms with Gasteiger partial charge in [0.1, 0.15) is 11.2 Å². The lowest BCUT2D eigenvalue weighted by Crippen LogP contribution is -2.24. The molecule has 0 N–H and O–H groups in total. The molecule has 0 heterocycles.